The average molecular weight is 336 g/mol. The summed E-state index contributed by atoms with van der Waals surface area (Å²) in [5.41, 5.74) is 1.35. The minimum Gasteiger partial charge on any atom is -0.486 e. The van der Waals surface area contributed by atoms with E-state index in [1.165, 1.54) is 13.0 Å². The van der Waals surface area contributed by atoms with Crippen LogP contribution in [0.5, 0.6) is 11.5 Å². The summed E-state index contributed by atoms with van der Waals surface area (Å²) in [6, 6.07) is 8.07. The fourth-order valence-corrected chi connectivity index (χ4v) is 2.78. The van der Waals surface area contributed by atoms with Crippen LogP contribution >= 0.6 is 11.6 Å². The average Bonchev–Trinajstić information content (AvgIpc) is 2.52. The van der Waals surface area contributed by atoms with E-state index in [9.17, 15) is 9.18 Å². The van der Waals surface area contributed by atoms with Gasteiger partial charge in [0.2, 0.25) is 0 Å². The first-order chi connectivity index (χ1) is 11.1. The number of halogens is 2. The first-order valence-corrected chi connectivity index (χ1v) is 7.55. The van der Waals surface area contributed by atoms with Gasteiger partial charge >= 0.3 is 0 Å². The number of Topliss-reactive ketones (excluding diaryl/α,β-unsaturated/α-hetero) is 1. The number of hydrogen-bond acceptors (Lipinski definition) is 4. The third-order valence-corrected chi connectivity index (χ3v) is 3.79. The zero-order valence-electron chi connectivity index (χ0n) is 12.5. The van der Waals surface area contributed by atoms with Gasteiger partial charge in [0.1, 0.15) is 19.0 Å². The highest BCUT2D eigenvalue weighted by atomic mass is 35.5. The molecule has 6 heteroatoms. The van der Waals surface area contributed by atoms with Gasteiger partial charge < -0.3 is 14.8 Å². The molecule has 0 fully saturated rings. The van der Waals surface area contributed by atoms with Gasteiger partial charge in [-0.15, -0.1) is 0 Å². The zero-order chi connectivity index (χ0) is 16.4. The Morgan fingerprint density at radius 3 is 2.87 bits per heavy atom. The van der Waals surface area contributed by atoms with Crippen LogP contribution in [0.25, 0.3) is 0 Å². The van der Waals surface area contributed by atoms with Crippen molar-refractivity contribution in [1.29, 1.82) is 0 Å². The van der Waals surface area contributed by atoms with Gasteiger partial charge in [-0.2, -0.15) is 0 Å². The van der Waals surface area contributed by atoms with Gasteiger partial charge in [-0.1, -0.05) is 17.7 Å². The van der Waals surface area contributed by atoms with Crippen molar-refractivity contribution < 1.29 is 18.7 Å². The predicted octanol–water partition coefficient (Wildman–Crippen LogP) is 4.07. The van der Waals surface area contributed by atoms with E-state index < -0.39 is 5.82 Å². The predicted molar refractivity (Wildman–Crippen MR) is 86.2 cm³/mol. The third-order valence-electron chi connectivity index (χ3n) is 3.51. The van der Waals surface area contributed by atoms with E-state index in [2.05, 4.69) is 5.32 Å². The van der Waals surface area contributed by atoms with E-state index in [1.807, 2.05) is 6.07 Å². The highest BCUT2D eigenvalue weighted by Crippen LogP contribution is 2.38. The molecule has 0 saturated carbocycles. The lowest BCUT2D eigenvalue weighted by Gasteiger charge is -2.20. The number of carbonyl (C=O) groups excluding carboxylic acids is 1. The van der Waals surface area contributed by atoms with Crippen molar-refractivity contribution in [2.24, 2.45) is 0 Å². The molecule has 2 aromatic carbocycles. The second kappa shape index (κ2) is 6.46. The molecule has 23 heavy (non-hydrogen) atoms. The molecule has 2 aromatic rings. The van der Waals surface area contributed by atoms with Crippen LogP contribution in [-0.2, 0) is 6.54 Å². The van der Waals surface area contributed by atoms with Crippen molar-refractivity contribution >= 4 is 23.1 Å². The molecule has 0 aliphatic carbocycles. The molecular formula is C17H15ClFNO3. The van der Waals surface area contributed by atoms with Gasteiger partial charge in [-0.05, 0) is 36.8 Å². The van der Waals surface area contributed by atoms with Crippen LogP contribution in [0, 0.1) is 5.82 Å². The number of rotatable bonds is 4. The fraction of sp³-hybridized carbons (Fsp3) is 0.235. The Kier molecular flexibility index (Phi) is 4.39. The molecule has 120 valence electrons. The van der Waals surface area contributed by atoms with Crippen molar-refractivity contribution in [3.05, 3.63) is 52.3 Å². The molecule has 1 heterocycles. The van der Waals surface area contributed by atoms with E-state index >= 15 is 0 Å². The maximum absolute atomic E-state index is 13.8. The highest BCUT2D eigenvalue weighted by Gasteiger charge is 2.17. The largest absolute Gasteiger partial charge is 0.486 e. The summed E-state index contributed by atoms with van der Waals surface area (Å²) in [4.78, 5) is 11.6. The molecule has 0 saturated heterocycles. The number of fused-ring (bicyclic) bond motifs is 1. The van der Waals surface area contributed by atoms with Gasteiger partial charge in [0, 0.05) is 12.2 Å². The number of anilines is 1. The molecule has 0 aromatic heterocycles. The molecule has 1 aliphatic heterocycles. The third kappa shape index (κ3) is 3.24. The van der Waals surface area contributed by atoms with Gasteiger partial charge in [0.15, 0.2) is 17.3 Å². The number of ketones is 1. The molecular weight excluding hydrogens is 321 g/mol. The number of benzene rings is 2. The van der Waals surface area contributed by atoms with Crippen molar-refractivity contribution in [3.63, 3.8) is 0 Å². The first kappa shape index (κ1) is 15.6. The minimum atomic E-state index is -0.539. The Balaban J connectivity index is 1.83. The number of ether oxygens (including phenoxy) is 2. The number of carbonyl (C=O) groups is 1. The summed E-state index contributed by atoms with van der Waals surface area (Å²) in [7, 11) is 0. The van der Waals surface area contributed by atoms with Gasteiger partial charge in [0.25, 0.3) is 0 Å². The molecule has 0 radical (unpaired) electrons. The van der Waals surface area contributed by atoms with E-state index in [4.69, 9.17) is 21.1 Å². The Labute approximate surface area is 138 Å². The lowest BCUT2D eigenvalue weighted by Crippen LogP contribution is -2.16. The highest BCUT2D eigenvalue weighted by molar-refractivity contribution is 6.32. The van der Waals surface area contributed by atoms with Crippen molar-refractivity contribution in [2.45, 2.75) is 13.5 Å². The Bertz CT molecular complexity index is 764. The Hall–Kier alpha value is -2.27. The normalized spacial score (nSPS) is 12.8. The summed E-state index contributed by atoms with van der Waals surface area (Å²) in [6.07, 6.45) is 0. The smallest absolute Gasteiger partial charge is 0.179 e. The van der Waals surface area contributed by atoms with E-state index in [0.29, 0.717) is 42.0 Å². The minimum absolute atomic E-state index is 0.0520. The monoisotopic (exact) mass is 335 g/mol. The topological polar surface area (TPSA) is 47.6 Å². The van der Waals surface area contributed by atoms with Crippen LogP contribution in [0.4, 0.5) is 10.1 Å². The standard InChI is InChI=1S/C17H15ClFNO3/c1-10(21)16-13(19)3-2-4-14(16)20-9-11-7-12(18)17-15(8-11)22-5-6-23-17/h2-4,7-8,20H,5-6,9H2,1H3. The fourth-order valence-electron chi connectivity index (χ4n) is 2.49. The van der Waals surface area contributed by atoms with Crippen LogP contribution in [0.3, 0.4) is 0 Å². The summed E-state index contributed by atoms with van der Waals surface area (Å²) in [5.74, 6) is 0.261. The van der Waals surface area contributed by atoms with E-state index in [1.54, 1.807) is 18.2 Å². The molecule has 3 rings (SSSR count). The van der Waals surface area contributed by atoms with Crippen LogP contribution in [0.2, 0.25) is 5.02 Å². The Morgan fingerprint density at radius 1 is 1.30 bits per heavy atom. The second-order valence-electron chi connectivity index (χ2n) is 5.17. The molecule has 1 N–H and O–H groups in total. The van der Waals surface area contributed by atoms with Gasteiger partial charge in [-0.25, -0.2) is 4.39 Å². The lowest BCUT2D eigenvalue weighted by molar-refractivity contribution is 0.101. The van der Waals surface area contributed by atoms with Gasteiger partial charge in [-0.3, -0.25) is 4.79 Å². The number of nitrogens with one attached hydrogen (secondary N) is 1. The summed E-state index contributed by atoms with van der Waals surface area (Å²) in [5, 5.41) is 3.53. The van der Waals surface area contributed by atoms with E-state index in [-0.39, 0.29) is 11.3 Å². The van der Waals surface area contributed by atoms with Crippen LogP contribution < -0.4 is 14.8 Å². The van der Waals surface area contributed by atoms with Crippen molar-refractivity contribution in [3.8, 4) is 11.5 Å². The molecule has 0 spiro atoms. The van der Waals surface area contributed by atoms with Crippen LogP contribution in [-0.4, -0.2) is 19.0 Å². The summed E-state index contributed by atoms with van der Waals surface area (Å²) >= 11 is 6.19. The quantitative estimate of drug-likeness (QED) is 0.856. The summed E-state index contributed by atoms with van der Waals surface area (Å²) < 4.78 is 24.8. The molecule has 0 unspecified atom stereocenters. The maximum Gasteiger partial charge on any atom is 0.179 e. The van der Waals surface area contributed by atoms with Crippen molar-refractivity contribution in [1.82, 2.24) is 0 Å². The van der Waals surface area contributed by atoms with Crippen LogP contribution in [0.15, 0.2) is 30.3 Å². The zero-order valence-corrected chi connectivity index (χ0v) is 13.2. The first-order valence-electron chi connectivity index (χ1n) is 7.17. The molecule has 0 amide bonds. The molecule has 0 atom stereocenters. The number of hydrogen-bond donors (Lipinski definition) is 1. The van der Waals surface area contributed by atoms with Gasteiger partial charge in [0.05, 0.1) is 10.6 Å². The lowest BCUT2D eigenvalue weighted by atomic mass is 10.1. The SMILES string of the molecule is CC(=O)c1c(F)cccc1NCc1cc(Cl)c2c(c1)OCCO2. The summed E-state index contributed by atoms with van der Waals surface area (Å²) in [6.45, 7) is 2.65. The molecule has 0 bridgehead atoms. The second-order valence-corrected chi connectivity index (χ2v) is 5.58. The van der Waals surface area contributed by atoms with E-state index in [0.717, 1.165) is 5.56 Å². The molecule has 4 nitrogen and oxygen atoms in total. The van der Waals surface area contributed by atoms with Crippen molar-refractivity contribution in [2.75, 3.05) is 18.5 Å². The maximum atomic E-state index is 13.8. The molecule has 1 aliphatic rings. The Morgan fingerprint density at radius 2 is 2.09 bits per heavy atom. The van der Waals surface area contributed by atoms with Crippen LogP contribution in [0.1, 0.15) is 22.8 Å².